The van der Waals surface area contributed by atoms with Crippen LogP contribution in [0.3, 0.4) is 0 Å². The molecule has 4 heteroatoms. The Balaban J connectivity index is 1.67. The van der Waals surface area contributed by atoms with Crippen LogP contribution in [0.25, 0.3) is 0 Å². The monoisotopic (exact) mass is 255 g/mol. The number of ether oxygens (including phenoxy) is 2. The van der Waals surface area contributed by atoms with Crippen molar-refractivity contribution in [3.63, 3.8) is 0 Å². The van der Waals surface area contributed by atoms with Gasteiger partial charge in [0, 0.05) is 19.7 Å². The first-order valence-corrected chi connectivity index (χ1v) is 7.03. The van der Waals surface area contributed by atoms with Crippen molar-refractivity contribution in [1.29, 1.82) is 0 Å². The summed E-state index contributed by atoms with van der Waals surface area (Å²) in [5.41, 5.74) is -0.406. The van der Waals surface area contributed by atoms with E-state index >= 15 is 0 Å². The van der Waals surface area contributed by atoms with E-state index in [2.05, 4.69) is 0 Å². The maximum Gasteiger partial charge on any atom is 0.410 e. The number of carbonyl (C=O) groups is 1. The van der Waals surface area contributed by atoms with Crippen LogP contribution in [0.15, 0.2) is 0 Å². The number of piperidine rings is 1. The summed E-state index contributed by atoms with van der Waals surface area (Å²) in [4.78, 5) is 13.7. The van der Waals surface area contributed by atoms with Gasteiger partial charge in [-0.2, -0.15) is 0 Å². The molecule has 0 unspecified atom stereocenters. The van der Waals surface area contributed by atoms with Crippen LogP contribution in [0.2, 0.25) is 0 Å². The normalized spacial score (nSPS) is 22.1. The van der Waals surface area contributed by atoms with Crippen molar-refractivity contribution in [3.05, 3.63) is 0 Å². The maximum absolute atomic E-state index is 11.9. The van der Waals surface area contributed by atoms with E-state index in [1.54, 1.807) is 4.90 Å². The molecular formula is C14H25NO3. The zero-order chi connectivity index (χ0) is 13.2. The minimum atomic E-state index is -0.406. The smallest absolute Gasteiger partial charge is 0.410 e. The molecule has 0 N–H and O–H groups in total. The lowest BCUT2D eigenvalue weighted by Gasteiger charge is -2.33. The lowest BCUT2D eigenvalue weighted by Crippen LogP contribution is -2.43. The summed E-state index contributed by atoms with van der Waals surface area (Å²) in [5.74, 6) is 0.814. The molecule has 0 bridgehead atoms. The third-order valence-corrected chi connectivity index (χ3v) is 3.36. The van der Waals surface area contributed by atoms with Gasteiger partial charge in [0.15, 0.2) is 0 Å². The highest BCUT2D eigenvalue weighted by atomic mass is 16.6. The molecule has 0 atom stereocenters. The summed E-state index contributed by atoms with van der Waals surface area (Å²) >= 11 is 0. The number of likely N-dealkylation sites (tertiary alicyclic amines) is 1. The minimum absolute atomic E-state index is 0.192. The summed E-state index contributed by atoms with van der Waals surface area (Å²) in [5, 5.41) is 0. The fraction of sp³-hybridized carbons (Fsp3) is 0.929. The second kappa shape index (κ2) is 5.47. The molecule has 0 aromatic carbocycles. The second-order valence-corrected chi connectivity index (χ2v) is 6.44. The van der Waals surface area contributed by atoms with Gasteiger partial charge in [-0.15, -0.1) is 0 Å². The zero-order valence-electron chi connectivity index (χ0n) is 11.8. The highest BCUT2D eigenvalue weighted by Gasteiger charge is 2.28. The molecule has 0 radical (unpaired) electrons. The van der Waals surface area contributed by atoms with Gasteiger partial charge in [-0.1, -0.05) is 0 Å². The van der Waals surface area contributed by atoms with E-state index in [1.807, 2.05) is 20.8 Å². The Morgan fingerprint density at radius 3 is 2.28 bits per heavy atom. The Morgan fingerprint density at radius 1 is 1.17 bits per heavy atom. The van der Waals surface area contributed by atoms with Gasteiger partial charge in [0.2, 0.25) is 0 Å². The molecule has 1 aliphatic carbocycles. The summed E-state index contributed by atoms with van der Waals surface area (Å²) in [7, 11) is 0. The van der Waals surface area contributed by atoms with Gasteiger partial charge in [0.05, 0.1) is 6.10 Å². The SMILES string of the molecule is CC(C)(C)OC(=O)N1CCC(OCC2CC2)CC1. The van der Waals surface area contributed by atoms with Crippen LogP contribution in [0, 0.1) is 5.92 Å². The van der Waals surface area contributed by atoms with Gasteiger partial charge in [0.25, 0.3) is 0 Å². The molecule has 2 rings (SSSR count). The number of amides is 1. The molecule has 0 aromatic rings. The molecule has 1 saturated heterocycles. The highest BCUT2D eigenvalue weighted by molar-refractivity contribution is 5.68. The van der Waals surface area contributed by atoms with E-state index in [-0.39, 0.29) is 6.09 Å². The van der Waals surface area contributed by atoms with Crippen molar-refractivity contribution in [1.82, 2.24) is 4.90 Å². The van der Waals surface area contributed by atoms with Gasteiger partial charge >= 0.3 is 6.09 Å². The second-order valence-electron chi connectivity index (χ2n) is 6.44. The molecule has 1 amide bonds. The van der Waals surface area contributed by atoms with Crippen LogP contribution in [0.4, 0.5) is 4.79 Å². The molecule has 104 valence electrons. The van der Waals surface area contributed by atoms with E-state index in [1.165, 1.54) is 12.8 Å². The van der Waals surface area contributed by atoms with Crippen molar-refractivity contribution in [2.45, 2.75) is 58.2 Å². The number of hydrogen-bond donors (Lipinski definition) is 0. The van der Waals surface area contributed by atoms with E-state index < -0.39 is 5.60 Å². The van der Waals surface area contributed by atoms with Gasteiger partial charge in [-0.3, -0.25) is 0 Å². The van der Waals surface area contributed by atoms with Crippen molar-refractivity contribution in [2.75, 3.05) is 19.7 Å². The summed E-state index contributed by atoms with van der Waals surface area (Å²) in [6.07, 6.45) is 4.68. The topological polar surface area (TPSA) is 38.8 Å². The van der Waals surface area contributed by atoms with Crippen LogP contribution < -0.4 is 0 Å². The van der Waals surface area contributed by atoms with Crippen LogP contribution >= 0.6 is 0 Å². The largest absolute Gasteiger partial charge is 0.444 e. The molecule has 1 saturated carbocycles. The summed E-state index contributed by atoms with van der Waals surface area (Å²) in [6, 6.07) is 0. The zero-order valence-corrected chi connectivity index (χ0v) is 11.8. The third kappa shape index (κ3) is 4.48. The molecule has 18 heavy (non-hydrogen) atoms. The molecule has 0 aromatic heterocycles. The van der Waals surface area contributed by atoms with Crippen molar-refractivity contribution in [2.24, 2.45) is 5.92 Å². The van der Waals surface area contributed by atoms with Crippen LogP contribution in [-0.2, 0) is 9.47 Å². The van der Waals surface area contributed by atoms with Gasteiger partial charge < -0.3 is 14.4 Å². The standard InChI is InChI=1S/C14H25NO3/c1-14(2,3)18-13(16)15-8-6-12(7-9-15)17-10-11-4-5-11/h11-12H,4-10H2,1-3H3. The van der Waals surface area contributed by atoms with E-state index in [4.69, 9.17) is 9.47 Å². The number of hydrogen-bond acceptors (Lipinski definition) is 3. The Kier molecular flexibility index (Phi) is 4.15. The fourth-order valence-corrected chi connectivity index (χ4v) is 2.09. The lowest BCUT2D eigenvalue weighted by molar-refractivity contribution is -0.0140. The summed E-state index contributed by atoms with van der Waals surface area (Å²) in [6.45, 7) is 8.12. The van der Waals surface area contributed by atoms with E-state index in [9.17, 15) is 4.79 Å². The predicted molar refractivity (Wildman–Crippen MR) is 69.5 cm³/mol. The Bertz CT molecular complexity index is 286. The average Bonchev–Trinajstić information content (AvgIpc) is 3.08. The van der Waals surface area contributed by atoms with Crippen LogP contribution in [0.5, 0.6) is 0 Å². The average molecular weight is 255 g/mol. The van der Waals surface area contributed by atoms with Crippen molar-refractivity contribution < 1.29 is 14.3 Å². The molecular weight excluding hydrogens is 230 g/mol. The minimum Gasteiger partial charge on any atom is -0.444 e. The first kappa shape index (κ1) is 13.7. The fourth-order valence-electron chi connectivity index (χ4n) is 2.09. The molecule has 1 heterocycles. The number of carbonyl (C=O) groups excluding carboxylic acids is 1. The summed E-state index contributed by atoms with van der Waals surface area (Å²) < 4.78 is 11.2. The van der Waals surface area contributed by atoms with Gasteiger partial charge in [-0.05, 0) is 52.4 Å². The Morgan fingerprint density at radius 2 is 1.78 bits per heavy atom. The van der Waals surface area contributed by atoms with Crippen LogP contribution in [-0.4, -0.2) is 42.4 Å². The van der Waals surface area contributed by atoms with Crippen molar-refractivity contribution in [3.8, 4) is 0 Å². The predicted octanol–water partition coefficient (Wildman–Crippen LogP) is 2.81. The highest BCUT2D eigenvalue weighted by Crippen LogP contribution is 2.30. The van der Waals surface area contributed by atoms with Gasteiger partial charge in [-0.25, -0.2) is 4.79 Å². The number of rotatable bonds is 3. The molecule has 2 aliphatic rings. The molecule has 0 spiro atoms. The molecule has 4 nitrogen and oxygen atoms in total. The lowest BCUT2D eigenvalue weighted by atomic mass is 10.1. The first-order chi connectivity index (χ1) is 8.44. The van der Waals surface area contributed by atoms with Crippen molar-refractivity contribution >= 4 is 6.09 Å². The van der Waals surface area contributed by atoms with E-state index in [0.29, 0.717) is 6.10 Å². The quantitative estimate of drug-likeness (QED) is 0.778. The maximum atomic E-state index is 11.9. The first-order valence-electron chi connectivity index (χ1n) is 7.03. The van der Waals surface area contributed by atoms with Gasteiger partial charge in [0.1, 0.15) is 5.60 Å². The Labute approximate surface area is 110 Å². The third-order valence-electron chi connectivity index (χ3n) is 3.36. The van der Waals surface area contributed by atoms with E-state index in [0.717, 1.165) is 38.5 Å². The Hall–Kier alpha value is -0.770. The molecule has 1 aliphatic heterocycles. The molecule has 2 fully saturated rings. The van der Waals surface area contributed by atoms with Crippen LogP contribution in [0.1, 0.15) is 46.5 Å². The number of nitrogens with zero attached hydrogens (tertiary/aromatic N) is 1.